The first kappa shape index (κ1) is 15.9. The number of benzene rings is 2. The highest BCUT2D eigenvalue weighted by atomic mass is 16.5. The van der Waals surface area contributed by atoms with Gasteiger partial charge in [0.05, 0.1) is 12.7 Å². The molecule has 2 rings (SSSR count). The Balaban J connectivity index is 1.86. The van der Waals surface area contributed by atoms with Crippen LogP contribution in [0.2, 0.25) is 0 Å². The number of rotatable bonds is 6. The Morgan fingerprint density at radius 1 is 1.18 bits per heavy atom. The lowest BCUT2D eigenvalue weighted by Crippen LogP contribution is -2.33. The number of aryl methyl sites for hydroxylation is 1. The van der Waals surface area contributed by atoms with Gasteiger partial charge >= 0.3 is 0 Å². The highest BCUT2D eigenvalue weighted by Crippen LogP contribution is 2.14. The zero-order valence-corrected chi connectivity index (χ0v) is 13.0. The van der Waals surface area contributed by atoms with Gasteiger partial charge in [-0.3, -0.25) is 4.79 Å². The van der Waals surface area contributed by atoms with E-state index in [2.05, 4.69) is 5.32 Å². The van der Waals surface area contributed by atoms with Gasteiger partial charge in [-0.25, -0.2) is 0 Å². The van der Waals surface area contributed by atoms with Crippen LogP contribution in [0.25, 0.3) is 0 Å². The highest BCUT2D eigenvalue weighted by molar-refractivity contribution is 5.99. The number of nitrogen functional groups attached to an aromatic ring is 1. The Morgan fingerprint density at radius 2 is 1.86 bits per heavy atom. The van der Waals surface area contributed by atoms with Crippen LogP contribution >= 0.6 is 0 Å². The molecule has 3 N–H and O–H groups in total. The summed E-state index contributed by atoms with van der Waals surface area (Å²) in [6.45, 7) is 2.00. The first-order valence-electron chi connectivity index (χ1n) is 7.38. The van der Waals surface area contributed by atoms with Crippen molar-refractivity contribution in [2.45, 2.75) is 25.8 Å². The van der Waals surface area contributed by atoms with Crippen LogP contribution < -0.4 is 15.8 Å². The van der Waals surface area contributed by atoms with E-state index >= 15 is 0 Å². The number of nitrogens with one attached hydrogen (secondary N) is 1. The molecule has 2 aromatic carbocycles. The van der Waals surface area contributed by atoms with Crippen LogP contribution in [0.15, 0.2) is 48.5 Å². The molecule has 0 aliphatic rings. The quantitative estimate of drug-likeness (QED) is 0.806. The number of carbonyl (C=O) groups excluding carboxylic acids is 1. The minimum absolute atomic E-state index is 0.0780. The Bertz CT molecular complexity index is 623. The summed E-state index contributed by atoms with van der Waals surface area (Å²) < 4.78 is 5.14. The van der Waals surface area contributed by atoms with E-state index in [0.717, 1.165) is 18.6 Å². The molecule has 1 amide bonds. The smallest absolute Gasteiger partial charge is 0.253 e. The number of anilines is 1. The molecule has 0 aromatic heterocycles. The fourth-order valence-corrected chi connectivity index (χ4v) is 2.25. The standard InChI is InChI=1S/C18H22N2O2/c1-13(7-8-14-9-11-15(22-2)12-10-14)20-18(21)16-5-3-4-6-17(16)19/h3-6,9-13H,7-8,19H2,1-2H3,(H,20,21). The maximum absolute atomic E-state index is 12.2. The lowest BCUT2D eigenvalue weighted by atomic mass is 10.1. The van der Waals surface area contributed by atoms with Crippen molar-refractivity contribution in [2.24, 2.45) is 0 Å². The van der Waals surface area contributed by atoms with Crippen LogP contribution in [0.4, 0.5) is 5.69 Å². The van der Waals surface area contributed by atoms with Crippen molar-refractivity contribution in [3.05, 3.63) is 59.7 Å². The molecule has 0 heterocycles. The van der Waals surface area contributed by atoms with Gasteiger partial charge in [0.15, 0.2) is 0 Å². The topological polar surface area (TPSA) is 64.3 Å². The second kappa shape index (κ2) is 7.50. The molecule has 0 fully saturated rings. The Hall–Kier alpha value is -2.49. The number of carbonyl (C=O) groups is 1. The third kappa shape index (κ3) is 4.25. The molecule has 22 heavy (non-hydrogen) atoms. The summed E-state index contributed by atoms with van der Waals surface area (Å²) >= 11 is 0. The third-order valence-corrected chi connectivity index (χ3v) is 3.61. The zero-order valence-electron chi connectivity index (χ0n) is 13.0. The van der Waals surface area contributed by atoms with Crippen LogP contribution in [-0.4, -0.2) is 19.1 Å². The summed E-state index contributed by atoms with van der Waals surface area (Å²) in [5.74, 6) is 0.727. The van der Waals surface area contributed by atoms with Crippen LogP contribution in [0.5, 0.6) is 5.75 Å². The van der Waals surface area contributed by atoms with Crippen LogP contribution in [0.1, 0.15) is 29.3 Å². The zero-order chi connectivity index (χ0) is 15.9. The Kier molecular flexibility index (Phi) is 5.42. The van der Waals surface area contributed by atoms with E-state index in [4.69, 9.17) is 10.5 Å². The van der Waals surface area contributed by atoms with Crippen molar-refractivity contribution in [1.29, 1.82) is 0 Å². The number of para-hydroxylation sites is 1. The predicted octanol–water partition coefficient (Wildman–Crippen LogP) is 3.03. The maximum Gasteiger partial charge on any atom is 0.253 e. The molecule has 4 nitrogen and oxygen atoms in total. The van der Waals surface area contributed by atoms with E-state index in [1.54, 1.807) is 19.2 Å². The molecule has 1 unspecified atom stereocenters. The fourth-order valence-electron chi connectivity index (χ4n) is 2.25. The van der Waals surface area contributed by atoms with Crippen LogP contribution in [-0.2, 0) is 6.42 Å². The summed E-state index contributed by atoms with van der Waals surface area (Å²) in [4.78, 5) is 12.2. The largest absolute Gasteiger partial charge is 0.497 e. The van der Waals surface area contributed by atoms with E-state index < -0.39 is 0 Å². The van der Waals surface area contributed by atoms with Crippen LogP contribution in [0, 0.1) is 0 Å². The first-order chi connectivity index (χ1) is 10.6. The van der Waals surface area contributed by atoms with Crippen LogP contribution in [0.3, 0.4) is 0 Å². The van der Waals surface area contributed by atoms with Crippen molar-refractivity contribution < 1.29 is 9.53 Å². The molecule has 0 aliphatic carbocycles. The van der Waals surface area contributed by atoms with Crippen molar-refractivity contribution in [2.75, 3.05) is 12.8 Å². The summed E-state index contributed by atoms with van der Waals surface area (Å²) in [6, 6.07) is 15.2. The number of methoxy groups -OCH3 is 1. The van der Waals surface area contributed by atoms with Gasteiger partial charge in [0.2, 0.25) is 0 Å². The number of ether oxygens (including phenoxy) is 1. The first-order valence-corrected chi connectivity index (χ1v) is 7.38. The molecule has 2 aromatic rings. The van der Waals surface area contributed by atoms with E-state index in [1.807, 2.05) is 43.3 Å². The summed E-state index contributed by atoms with van der Waals surface area (Å²) in [5, 5.41) is 2.99. The molecular formula is C18H22N2O2. The molecule has 0 spiro atoms. The van der Waals surface area contributed by atoms with E-state index in [9.17, 15) is 4.79 Å². The average Bonchev–Trinajstić information content (AvgIpc) is 2.53. The maximum atomic E-state index is 12.2. The van der Waals surface area contributed by atoms with Gasteiger partial charge in [0.25, 0.3) is 5.91 Å². The molecule has 0 bridgehead atoms. The van der Waals surface area contributed by atoms with E-state index in [0.29, 0.717) is 11.3 Å². The Morgan fingerprint density at radius 3 is 2.50 bits per heavy atom. The normalized spacial score (nSPS) is 11.7. The molecule has 116 valence electrons. The Labute approximate surface area is 131 Å². The van der Waals surface area contributed by atoms with Crippen molar-refractivity contribution in [3.8, 4) is 5.75 Å². The number of nitrogens with two attached hydrogens (primary N) is 1. The van der Waals surface area contributed by atoms with E-state index in [1.165, 1.54) is 5.56 Å². The number of amides is 1. The second-order valence-electron chi connectivity index (χ2n) is 5.35. The van der Waals surface area contributed by atoms with Gasteiger partial charge in [0.1, 0.15) is 5.75 Å². The second-order valence-corrected chi connectivity index (χ2v) is 5.35. The third-order valence-electron chi connectivity index (χ3n) is 3.61. The van der Waals surface area contributed by atoms with Crippen molar-refractivity contribution in [1.82, 2.24) is 5.32 Å². The average molecular weight is 298 g/mol. The predicted molar refractivity (Wildman–Crippen MR) is 89.1 cm³/mol. The summed E-state index contributed by atoms with van der Waals surface area (Å²) in [6.07, 6.45) is 1.76. The molecule has 0 radical (unpaired) electrons. The molecule has 4 heteroatoms. The molecular weight excluding hydrogens is 276 g/mol. The van der Waals surface area contributed by atoms with Gasteiger partial charge in [-0.15, -0.1) is 0 Å². The van der Waals surface area contributed by atoms with Gasteiger partial charge in [-0.2, -0.15) is 0 Å². The lowest BCUT2D eigenvalue weighted by Gasteiger charge is -2.15. The lowest BCUT2D eigenvalue weighted by molar-refractivity contribution is 0.0939. The SMILES string of the molecule is COc1ccc(CCC(C)NC(=O)c2ccccc2N)cc1. The summed E-state index contributed by atoms with van der Waals surface area (Å²) in [5.41, 5.74) is 8.07. The van der Waals surface area contributed by atoms with Gasteiger partial charge in [-0.05, 0) is 49.6 Å². The van der Waals surface area contributed by atoms with Gasteiger partial charge in [0, 0.05) is 11.7 Å². The molecule has 0 saturated heterocycles. The van der Waals surface area contributed by atoms with Gasteiger partial charge < -0.3 is 15.8 Å². The minimum Gasteiger partial charge on any atom is -0.497 e. The number of hydrogen-bond acceptors (Lipinski definition) is 3. The summed E-state index contributed by atoms with van der Waals surface area (Å²) in [7, 11) is 1.65. The molecule has 1 atom stereocenters. The minimum atomic E-state index is -0.125. The monoisotopic (exact) mass is 298 g/mol. The van der Waals surface area contributed by atoms with E-state index in [-0.39, 0.29) is 11.9 Å². The highest BCUT2D eigenvalue weighted by Gasteiger charge is 2.12. The fraction of sp³-hybridized carbons (Fsp3) is 0.278. The number of hydrogen-bond donors (Lipinski definition) is 2. The molecule has 0 aliphatic heterocycles. The van der Waals surface area contributed by atoms with Crippen molar-refractivity contribution >= 4 is 11.6 Å². The van der Waals surface area contributed by atoms with Crippen molar-refractivity contribution in [3.63, 3.8) is 0 Å². The molecule has 0 saturated carbocycles. The van der Waals surface area contributed by atoms with Gasteiger partial charge in [-0.1, -0.05) is 24.3 Å².